The summed E-state index contributed by atoms with van der Waals surface area (Å²) in [5.41, 5.74) is -1.18. The molecule has 0 spiro atoms. The molecule has 0 radical (unpaired) electrons. The van der Waals surface area contributed by atoms with Crippen molar-refractivity contribution in [3.63, 3.8) is 0 Å². The van der Waals surface area contributed by atoms with E-state index in [0.29, 0.717) is 6.54 Å². The van der Waals surface area contributed by atoms with Crippen molar-refractivity contribution >= 4 is 17.9 Å². The first-order chi connectivity index (χ1) is 7.65. The number of nitrogens with one attached hydrogen (secondary N) is 2. The summed E-state index contributed by atoms with van der Waals surface area (Å²) in [4.78, 5) is 33.4. The van der Waals surface area contributed by atoms with Crippen LogP contribution in [0, 0.1) is 11.3 Å². The monoisotopic (exact) mass is 244 g/mol. The second-order valence-electron chi connectivity index (χ2n) is 5.02. The van der Waals surface area contributed by atoms with Gasteiger partial charge in [0.05, 0.1) is 5.41 Å². The fraction of sp³-hybridized carbons (Fsp3) is 0.727. The maximum atomic E-state index is 11.4. The summed E-state index contributed by atoms with van der Waals surface area (Å²) in [6.07, 6.45) is -0.239. The molecule has 0 aliphatic rings. The number of aliphatic carboxylic acids is 1. The van der Waals surface area contributed by atoms with E-state index in [0.717, 1.165) is 0 Å². The SMILES string of the molecule is CC(C)CNC(=O)NC(=O)CC(C)(C)C(=O)O. The molecule has 17 heavy (non-hydrogen) atoms. The Balaban J connectivity index is 4.10. The molecule has 0 aromatic carbocycles. The molecule has 3 N–H and O–H groups in total. The first-order valence-corrected chi connectivity index (χ1v) is 5.46. The van der Waals surface area contributed by atoms with Gasteiger partial charge in [0.15, 0.2) is 0 Å². The molecular formula is C11H20N2O4. The summed E-state index contributed by atoms with van der Waals surface area (Å²) in [5, 5.41) is 13.4. The van der Waals surface area contributed by atoms with Gasteiger partial charge in [0.2, 0.25) is 5.91 Å². The van der Waals surface area contributed by atoms with Crippen LogP contribution in [-0.2, 0) is 9.59 Å². The molecule has 0 heterocycles. The van der Waals surface area contributed by atoms with E-state index in [9.17, 15) is 14.4 Å². The van der Waals surface area contributed by atoms with Gasteiger partial charge in [-0.1, -0.05) is 13.8 Å². The van der Waals surface area contributed by atoms with Gasteiger partial charge in [0.1, 0.15) is 0 Å². The highest BCUT2D eigenvalue weighted by Crippen LogP contribution is 2.19. The van der Waals surface area contributed by atoms with E-state index >= 15 is 0 Å². The lowest BCUT2D eigenvalue weighted by Gasteiger charge is -2.18. The van der Waals surface area contributed by atoms with E-state index in [1.807, 2.05) is 13.8 Å². The zero-order chi connectivity index (χ0) is 13.6. The van der Waals surface area contributed by atoms with Gasteiger partial charge in [-0.3, -0.25) is 14.9 Å². The van der Waals surface area contributed by atoms with Crippen molar-refractivity contribution in [2.45, 2.75) is 34.1 Å². The van der Waals surface area contributed by atoms with Crippen molar-refractivity contribution in [2.24, 2.45) is 11.3 Å². The molecule has 0 saturated carbocycles. The second kappa shape index (κ2) is 6.22. The van der Waals surface area contributed by atoms with Crippen LogP contribution in [-0.4, -0.2) is 29.6 Å². The highest BCUT2D eigenvalue weighted by molar-refractivity contribution is 5.96. The fourth-order valence-corrected chi connectivity index (χ4v) is 0.989. The summed E-state index contributed by atoms with van der Waals surface area (Å²) >= 11 is 0. The summed E-state index contributed by atoms with van der Waals surface area (Å²) in [5.74, 6) is -1.39. The molecule has 0 aromatic heterocycles. The number of carbonyl (C=O) groups is 3. The van der Waals surface area contributed by atoms with Gasteiger partial charge >= 0.3 is 12.0 Å². The van der Waals surface area contributed by atoms with Crippen LogP contribution in [0.1, 0.15) is 34.1 Å². The number of hydrogen-bond donors (Lipinski definition) is 3. The Kier molecular flexibility index (Phi) is 5.64. The number of carboxylic acids is 1. The summed E-state index contributed by atoms with van der Waals surface area (Å²) in [7, 11) is 0. The minimum atomic E-state index is -1.18. The summed E-state index contributed by atoms with van der Waals surface area (Å²) in [6, 6.07) is -0.593. The maximum absolute atomic E-state index is 11.4. The van der Waals surface area contributed by atoms with Crippen molar-refractivity contribution in [1.82, 2.24) is 10.6 Å². The van der Waals surface area contributed by atoms with Crippen LogP contribution in [0.5, 0.6) is 0 Å². The molecule has 3 amide bonds. The normalized spacial score (nSPS) is 11.1. The Hall–Kier alpha value is -1.59. The lowest BCUT2D eigenvalue weighted by atomic mass is 9.89. The van der Waals surface area contributed by atoms with Crippen molar-refractivity contribution in [2.75, 3.05) is 6.54 Å². The number of amides is 3. The van der Waals surface area contributed by atoms with E-state index in [2.05, 4.69) is 10.6 Å². The van der Waals surface area contributed by atoms with Crippen LogP contribution in [0.2, 0.25) is 0 Å². The molecule has 0 aliphatic heterocycles. The smallest absolute Gasteiger partial charge is 0.321 e. The topological polar surface area (TPSA) is 95.5 Å². The molecule has 0 fully saturated rings. The number of carboxylic acid groups (broad SMARTS) is 1. The molecule has 0 unspecified atom stereocenters. The minimum absolute atomic E-state index is 0.239. The predicted molar refractivity (Wildman–Crippen MR) is 62.4 cm³/mol. The Morgan fingerprint density at radius 1 is 1.24 bits per heavy atom. The second-order valence-corrected chi connectivity index (χ2v) is 5.02. The Morgan fingerprint density at radius 2 is 1.76 bits per heavy atom. The van der Waals surface area contributed by atoms with Gasteiger partial charge in [-0.25, -0.2) is 4.79 Å². The predicted octanol–water partition coefficient (Wildman–Crippen LogP) is 0.969. The molecular weight excluding hydrogens is 224 g/mol. The Labute approximate surface area is 101 Å². The maximum Gasteiger partial charge on any atom is 0.321 e. The molecule has 0 atom stereocenters. The molecule has 0 aromatic rings. The lowest BCUT2D eigenvalue weighted by Crippen LogP contribution is -2.43. The fourth-order valence-electron chi connectivity index (χ4n) is 0.989. The van der Waals surface area contributed by atoms with Gasteiger partial charge in [0, 0.05) is 13.0 Å². The molecule has 6 heteroatoms. The molecule has 0 saturated heterocycles. The van der Waals surface area contributed by atoms with Crippen molar-refractivity contribution in [3.05, 3.63) is 0 Å². The molecule has 98 valence electrons. The van der Waals surface area contributed by atoms with E-state index in [4.69, 9.17) is 5.11 Å². The summed E-state index contributed by atoms with van der Waals surface area (Å²) in [6.45, 7) is 7.18. The highest BCUT2D eigenvalue weighted by atomic mass is 16.4. The summed E-state index contributed by atoms with van der Waals surface area (Å²) < 4.78 is 0. The third kappa shape index (κ3) is 6.55. The van der Waals surface area contributed by atoms with E-state index in [1.165, 1.54) is 13.8 Å². The standard InChI is InChI=1S/C11H20N2O4/c1-7(2)6-12-10(17)13-8(14)5-11(3,4)9(15)16/h7H,5-6H2,1-4H3,(H,15,16)(H2,12,13,14,17). The van der Waals surface area contributed by atoms with Crippen LogP contribution in [0.4, 0.5) is 4.79 Å². The first kappa shape index (κ1) is 15.4. The average molecular weight is 244 g/mol. The lowest BCUT2D eigenvalue weighted by molar-refractivity contribution is -0.149. The van der Waals surface area contributed by atoms with Crippen molar-refractivity contribution < 1.29 is 19.5 Å². The molecule has 0 aliphatic carbocycles. The zero-order valence-electron chi connectivity index (χ0n) is 10.7. The number of urea groups is 1. The van der Waals surface area contributed by atoms with Crippen LogP contribution >= 0.6 is 0 Å². The van der Waals surface area contributed by atoms with Gasteiger partial charge in [-0.05, 0) is 19.8 Å². The van der Waals surface area contributed by atoms with Crippen LogP contribution in [0.25, 0.3) is 0 Å². The Bertz CT molecular complexity index is 311. The molecule has 0 bridgehead atoms. The average Bonchev–Trinajstić information content (AvgIpc) is 2.13. The van der Waals surface area contributed by atoms with E-state index in [-0.39, 0.29) is 12.3 Å². The van der Waals surface area contributed by atoms with E-state index in [1.54, 1.807) is 0 Å². The molecule has 6 nitrogen and oxygen atoms in total. The quantitative estimate of drug-likeness (QED) is 0.671. The van der Waals surface area contributed by atoms with Crippen LogP contribution in [0.15, 0.2) is 0 Å². The molecule has 0 rings (SSSR count). The third-order valence-corrected chi connectivity index (χ3v) is 2.11. The zero-order valence-corrected chi connectivity index (χ0v) is 10.7. The van der Waals surface area contributed by atoms with Crippen molar-refractivity contribution in [3.8, 4) is 0 Å². The number of carbonyl (C=O) groups excluding carboxylic acids is 2. The van der Waals surface area contributed by atoms with Gasteiger partial charge in [-0.15, -0.1) is 0 Å². The van der Waals surface area contributed by atoms with Crippen LogP contribution < -0.4 is 10.6 Å². The van der Waals surface area contributed by atoms with Gasteiger partial charge in [-0.2, -0.15) is 0 Å². The Morgan fingerprint density at radius 3 is 2.18 bits per heavy atom. The largest absolute Gasteiger partial charge is 0.481 e. The highest BCUT2D eigenvalue weighted by Gasteiger charge is 2.30. The van der Waals surface area contributed by atoms with Crippen LogP contribution in [0.3, 0.4) is 0 Å². The van der Waals surface area contributed by atoms with E-state index < -0.39 is 23.3 Å². The number of rotatable bonds is 5. The van der Waals surface area contributed by atoms with Gasteiger partial charge < -0.3 is 10.4 Å². The minimum Gasteiger partial charge on any atom is -0.481 e. The first-order valence-electron chi connectivity index (χ1n) is 5.46. The number of hydrogen-bond acceptors (Lipinski definition) is 3. The van der Waals surface area contributed by atoms with Crippen molar-refractivity contribution in [1.29, 1.82) is 0 Å². The van der Waals surface area contributed by atoms with Gasteiger partial charge in [0.25, 0.3) is 0 Å². The number of imide groups is 1. The third-order valence-electron chi connectivity index (χ3n) is 2.11.